The number of carbonyl (C=O) groups is 2. The van der Waals surface area contributed by atoms with Gasteiger partial charge in [-0.25, -0.2) is 14.8 Å². The van der Waals surface area contributed by atoms with Crippen molar-refractivity contribution in [2.75, 3.05) is 11.1 Å². The molecule has 0 saturated carbocycles. The summed E-state index contributed by atoms with van der Waals surface area (Å²) in [6, 6.07) is 9.92. The molecule has 1 aromatic carbocycles. The number of aryl methyl sites for hydroxylation is 1. The van der Waals surface area contributed by atoms with Gasteiger partial charge in [-0.2, -0.15) is 0 Å². The molecule has 0 spiro atoms. The molecule has 0 aliphatic heterocycles. The molecule has 23 heavy (non-hydrogen) atoms. The van der Waals surface area contributed by atoms with Crippen molar-refractivity contribution in [3.63, 3.8) is 0 Å². The lowest BCUT2D eigenvalue weighted by Gasteiger charge is -2.11. The summed E-state index contributed by atoms with van der Waals surface area (Å²) in [4.78, 5) is 32.1. The lowest BCUT2D eigenvalue weighted by molar-refractivity contribution is -0.119. The van der Waals surface area contributed by atoms with Gasteiger partial charge in [-0.3, -0.25) is 10.1 Å². The van der Waals surface area contributed by atoms with Gasteiger partial charge in [0.25, 0.3) is 0 Å². The molecule has 1 atom stereocenters. The van der Waals surface area contributed by atoms with Crippen molar-refractivity contribution in [3.8, 4) is 0 Å². The molecular formula is C15H17N5O2S. The predicted octanol–water partition coefficient (Wildman–Crippen LogP) is 2.20. The first-order chi connectivity index (χ1) is 10.9. The Bertz CT molecular complexity index is 688. The van der Waals surface area contributed by atoms with E-state index < -0.39 is 17.2 Å². The number of urea groups is 1. The minimum absolute atomic E-state index is 0.342. The number of nitrogens with one attached hydrogen (secondary N) is 2. The smallest absolute Gasteiger partial charge is 0.325 e. The fourth-order valence-corrected chi connectivity index (χ4v) is 2.56. The van der Waals surface area contributed by atoms with Crippen molar-refractivity contribution in [3.05, 3.63) is 42.1 Å². The molecule has 0 fully saturated rings. The van der Waals surface area contributed by atoms with Gasteiger partial charge in [-0.1, -0.05) is 30.0 Å². The van der Waals surface area contributed by atoms with Crippen molar-refractivity contribution in [1.82, 2.24) is 15.3 Å². The zero-order valence-electron chi connectivity index (χ0n) is 12.7. The highest BCUT2D eigenvalue weighted by Gasteiger charge is 2.18. The van der Waals surface area contributed by atoms with E-state index in [0.717, 1.165) is 17.5 Å². The van der Waals surface area contributed by atoms with Gasteiger partial charge in [0.05, 0.1) is 5.25 Å². The van der Waals surface area contributed by atoms with Crippen LogP contribution in [0.4, 0.5) is 16.3 Å². The number of benzene rings is 1. The SMILES string of the molecule is Cc1cc(N)nc(SC(C)C(=O)NC(=O)Nc2ccccc2)n1. The normalized spacial score (nSPS) is 11.6. The van der Waals surface area contributed by atoms with Crippen LogP contribution >= 0.6 is 11.8 Å². The molecule has 8 heteroatoms. The van der Waals surface area contributed by atoms with Crippen LogP contribution in [0.25, 0.3) is 0 Å². The average Bonchev–Trinajstić information content (AvgIpc) is 2.46. The maximum atomic E-state index is 12.0. The van der Waals surface area contributed by atoms with Crippen LogP contribution in [0.1, 0.15) is 12.6 Å². The van der Waals surface area contributed by atoms with Crippen LogP contribution in [0.5, 0.6) is 0 Å². The van der Waals surface area contributed by atoms with E-state index in [1.165, 1.54) is 0 Å². The molecular weight excluding hydrogens is 314 g/mol. The highest BCUT2D eigenvalue weighted by Crippen LogP contribution is 2.20. The van der Waals surface area contributed by atoms with Gasteiger partial charge < -0.3 is 11.1 Å². The van der Waals surface area contributed by atoms with E-state index in [4.69, 9.17) is 5.73 Å². The van der Waals surface area contributed by atoms with Gasteiger partial charge in [-0.15, -0.1) is 0 Å². The Morgan fingerprint density at radius 1 is 1.22 bits per heavy atom. The van der Waals surface area contributed by atoms with E-state index in [9.17, 15) is 9.59 Å². The van der Waals surface area contributed by atoms with Gasteiger partial charge in [0.15, 0.2) is 5.16 Å². The number of nitrogens with zero attached hydrogens (tertiary/aromatic N) is 2. The third kappa shape index (κ3) is 5.26. The summed E-state index contributed by atoms with van der Waals surface area (Å²) in [5.41, 5.74) is 6.97. The topological polar surface area (TPSA) is 110 Å². The zero-order valence-corrected chi connectivity index (χ0v) is 13.6. The molecule has 3 amide bonds. The van der Waals surface area contributed by atoms with Crippen LogP contribution in [-0.4, -0.2) is 27.2 Å². The summed E-state index contributed by atoms with van der Waals surface area (Å²) in [6.07, 6.45) is 0. The van der Waals surface area contributed by atoms with E-state index in [1.54, 1.807) is 44.2 Å². The predicted molar refractivity (Wildman–Crippen MR) is 90.1 cm³/mol. The third-order valence-corrected chi connectivity index (χ3v) is 3.73. The molecule has 0 radical (unpaired) electrons. The highest BCUT2D eigenvalue weighted by molar-refractivity contribution is 8.00. The molecule has 7 nitrogen and oxygen atoms in total. The largest absolute Gasteiger partial charge is 0.384 e. The van der Waals surface area contributed by atoms with Crippen molar-refractivity contribution in [1.29, 1.82) is 0 Å². The molecule has 0 aliphatic carbocycles. The van der Waals surface area contributed by atoms with E-state index in [2.05, 4.69) is 20.6 Å². The minimum Gasteiger partial charge on any atom is -0.384 e. The summed E-state index contributed by atoms with van der Waals surface area (Å²) in [6.45, 7) is 3.46. The summed E-state index contributed by atoms with van der Waals surface area (Å²) in [7, 11) is 0. The number of aromatic nitrogens is 2. The fourth-order valence-electron chi connectivity index (χ4n) is 1.73. The molecule has 1 aromatic heterocycles. The Morgan fingerprint density at radius 2 is 1.91 bits per heavy atom. The van der Waals surface area contributed by atoms with Crippen molar-refractivity contribution in [2.24, 2.45) is 0 Å². The van der Waals surface area contributed by atoms with Gasteiger partial charge in [0.1, 0.15) is 5.82 Å². The molecule has 0 saturated heterocycles. The van der Waals surface area contributed by atoms with Crippen molar-refractivity contribution < 1.29 is 9.59 Å². The van der Waals surface area contributed by atoms with Crippen LogP contribution in [0.2, 0.25) is 0 Å². The Kier molecular flexibility index (Phi) is 5.53. The summed E-state index contributed by atoms with van der Waals surface area (Å²) in [5, 5.41) is 4.71. The Hall–Kier alpha value is -2.61. The highest BCUT2D eigenvalue weighted by atomic mass is 32.2. The summed E-state index contributed by atoms with van der Waals surface area (Å²) >= 11 is 1.13. The number of imide groups is 1. The summed E-state index contributed by atoms with van der Waals surface area (Å²) in [5.74, 6) is -0.0958. The molecule has 0 aliphatic rings. The van der Waals surface area contributed by atoms with Crippen molar-refractivity contribution in [2.45, 2.75) is 24.3 Å². The second kappa shape index (κ2) is 7.59. The Labute approximate surface area is 138 Å². The lowest BCUT2D eigenvalue weighted by Crippen LogP contribution is -2.38. The van der Waals surface area contributed by atoms with Crippen molar-refractivity contribution >= 4 is 35.2 Å². The van der Waals surface area contributed by atoms with E-state index in [0.29, 0.717) is 16.7 Å². The number of hydrogen-bond acceptors (Lipinski definition) is 6. The molecule has 0 bridgehead atoms. The second-order valence-corrected chi connectivity index (χ2v) is 6.09. The number of hydrogen-bond donors (Lipinski definition) is 3. The number of thioether (sulfide) groups is 1. The molecule has 120 valence electrons. The first-order valence-electron chi connectivity index (χ1n) is 6.89. The second-order valence-electron chi connectivity index (χ2n) is 4.79. The Morgan fingerprint density at radius 3 is 2.57 bits per heavy atom. The molecule has 1 unspecified atom stereocenters. The van der Waals surface area contributed by atoms with Crippen LogP contribution in [0.3, 0.4) is 0 Å². The first-order valence-corrected chi connectivity index (χ1v) is 7.76. The number of carbonyl (C=O) groups excluding carboxylic acids is 2. The fraction of sp³-hybridized carbons (Fsp3) is 0.200. The molecule has 4 N–H and O–H groups in total. The zero-order chi connectivity index (χ0) is 16.8. The lowest BCUT2D eigenvalue weighted by atomic mass is 10.3. The minimum atomic E-state index is -0.585. The van der Waals surface area contributed by atoms with Gasteiger partial charge in [-0.05, 0) is 26.0 Å². The van der Waals surface area contributed by atoms with Crippen LogP contribution in [-0.2, 0) is 4.79 Å². The monoisotopic (exact) mass is 331 g/mol. The van der Waals surface area contributed by atoms with Crippen LogP contribution in [0.15, 0.2) is 41.6 Å². The average molecular weight is 331 g/mol. The van der Waals surface area contributed by atoms with Crippen LogP contribution < -0.4 is 16.4 Å². The third-order valence-electron chi connectivity index (χ3n) is 2.77. The maximum Gasteiger partial charge on any atom is 0.325 e. The van der Waals surface area contributed by atoms with Gasteiger partial charge in [0.2, 0.25) is 5.91 Å². The standard InChI is InChI=1S/C15H17N5O2S/c1-9-8-12(16)19-15(17-9)23-10(2)13(21)20-14(22)18-11-6-4-3-5-7-11/h3-8,10H,1-2H3,(H2,16,17,19)(H2,18,20,21,22). The van der Waals surface area contributed by atoms with Gasteiger partial charge in [0, 0.05) is 17.4 Å². The molecule has 2 aromatic rings. The number of amides is 3. The van der Waals surface area contributed by atoms with E-state index in [-0.39, 0.29) is 0 Å². The number of nitrogen functional groups attached to an aromatic ring is 1. The number of para-hydroxylation sites is 1. The molecule has 1 heterocycles. The van der Waals surface area contributed by atoms with E-state index >= 15 is 0 Å². The van der Waals surface area contributed by atoms with Gasteiger partial charge >= 0.3 is 6.03 Å². The number of rotatable bonds is 4. The first kappa shape index (κ1) is 16.8. The van der Waals surface area contributed by atoms with E-state index in [1.807, 2.05) is 6.07 Å². The number of anilines is 2. The number of nitrogens with two attached hydrogens (primary N) is 1. The summed E-state index contributed by atoms with van der Waals surface area (Å²) < 4.78 is 0. The quantitative estimate of drug-likeness (QED) is 0.585. The molecule has 2 rings (SSSR count). The Balaban J connectivity index is 1.90. The van der Waals surface area contributed by atoms with Crippen LogP contribution in [0, 0.1) is 6.92 Å². The maximum absolute atomic E-state index is 12.0.